The summed E-state index contributed by atoms with van der Waals surface area (Å²) in [7, 11) is 0. The predicted octanol–water partition coefficient (Wildman–Crippen LogP) is 0.615. The van der Waals surface area contributed by atoms with Crippen molar-refractivity contribution in [1.29, 1.82) is 0 Å². The lowest BCUT2D eigenvalue weighted by Crippen LogP contribution is -2.43. The number of rotatable bonds is 4. The number of hydrogen-bond acceptors (Lipinski definition) is 5. The highest BCUT2D eigenvalue weighted by atomic mass is 19.1. The molecule has 0 saturated carbocycles. The van der Waals surface area contributed by atoms with Gasteiger partial charge in [-0.2, -0.15) is 0 Å². The Hall–Kier alpha value is -2.06. The van der Waals surface area contributed by atoms with Crippen LogP contribution < -0.4 is 5.32 Å². The van der Waals surface area contributed by atoms with Crippen molar-refractivity contribution in [2.75, 3.05) is 19.8 Å². The predicted molar refractivity (Wildman–Crippen MR) is 65.8 cm³/mol. The quantitative estimate of drug-likeness (QED) is 0.623. The lowest BCUT2D eigenvalue weighted by Gasteiger charge is -2.20. The van der Waals surface area contributed by atoms with Crippen molar-refractivity contribution in [2.45, 2.75) is 12.0 Å². The van der Waals surface area contributed by atoms with Crippen LogP contribution in [-0.4, -0.2) is 41.3 Å². The number of halogens is 1. The van der Waals surface area contributed by atoms with Gasteiger partial charge in [-0.1, -0.05) is 0 Å². The fourth-order valence-electron chi connectivity index (χ4n) is 1.89. The molecule has 1 fully saturated rings. The zero-order valence-electron chi connectivity index (χ0n) is 10.5. The molecule has 108 valence electrons. The minimum Gasteiger partial charge on any atom is -0.386 e. The Morgan fingerprint density at radius 2 is 2.30 bits per heavy atom. The van der Waals surface area contributed by atoms with Crippen molar-refractivity contribution in [1.82, 2.24) is 5.32 Å². The molecule has 1 unspecified atom stereocenters. The molecule has 1 aliphatic heterocycles. The average molecular weight is 284 g/mol. The second kappa shape index (κ2) is 5.51. The van der Waals surface area contributed by atoms with E-state index >= 15 is 0 Å². The molecule has 1 aromatic rings. The summed E-state index contributed by atoms with van der Waals surface area (Å²) in [5.41, 5.74) is -1.81. The van der Waals surface area contributed by atoms with Crippen LogP contribution in [0.15, 0.2) is 18.2 Å². The number of non-ortho nitro benzene ring substituents is 1. The Kier molecular flexibility index (Phi) is 3.96. The molecular formula is C12H13FN2O5. The molecule has 1 heterocycles. The van der Waals surface area contributed by atoms with Gasteiger partial charge in [-0.3, -0.25) is 14.9 Å². The highest BCUT2D eigenvalue weighted by molar-refractivity contribution is 5.94. The number of amides is 1. The van der Waals surface area contributed by atoms with Gasteiger partial charge in [-0.05, 0) is 6.07 Å². The molecule has 20 heavy (non-hydrogen) atoms. The molecule has 0 aromatic heterocycles. The highest BCUT2D eigenvalue weighted by Gasteiger charge is 2.32. The van der Waals surface area contributed by atoms with Gasteiger partial charge >= 0.3 is 0 Å². The topological polar surface area (TPSA) is 102 Å². The number of nitro benzene ring substituents is 1. The average Bonchev–Trinajstić information content (AvgIpc) is 2.82. The van der Waals surface area contributed by atoms with Crippen molar-refractivity contribution in [3.8, 4) is 0 Å². The fraction of sp³-hybridized carbons (Fsp3) is 0.417. The summed E-state index contributed by atoms with van der Waals surface area (Å²) < 4.78 is 18.2. The van der Waals surface area contributed by atoms with Crippen molar-refractivity contribution < 1.29 is 24.0 Å². The van der Waals surface area contributed by atoms with Crippen LogP contribution in [0.2, 0.25) is 0 Å². The van der Waals surface area contributed by atoms with Crippen LogP contribution in [0.1, 0.15) is 16.8 Å². The molecule has 1 amide bonds. The third-order valence-electron chi connectivity index (χ3n) is 3.02. The van der Waals surface area contributed by atoms with Crippen LogP contribution in [-0.2, 0) is 4.74 Å². The first-order valence-electron chi connectivity index (χ1n) is 5.93. The summed E-state index contributed by atoms with van der Waals surface area (Å²) in [5.74, 6) is -1.56. The molecule has 0 radical (unpaired) electrons. The second-order valence-corrected chi connectivity index (χ2v) is 4.66. The van der Waals surface area contributed by atoms with Crippen molar-refractivity contribution >= 4 is 11.6 Å². The molecule has 0 aliphatic carbocycles. The maximum Gasteiger partial charge on any atom is 0.273 e. The van der Waals surface area contributed by atoms with Gasteiger partial charge in [0, 0.05) is 31.2 Å². The molecule has 7 nitrogen and oxygen atoms in total. The third kappa shape index (κ3) is 3.28. The van der Waals surface area contributed by atoms with Crippen LogP contribution in [0, 0.1) is 15.9 Å². The van der Waals surface area contributed by atoms with Crippen LogP contribution in [0.4, 0.5) is 10.1 Å². The van der Waals surface area contributed by atoms with E-state index in [1.54, 1.807) is 0 Å². The first kappa shape index (κ1) is 14.4. The molecule has 2 rings (SSSR count). The zero-order chi connectivity index (χ0) is 14.8. The zero-order valence-corrected chi connectivity index (χ0v) is 10.5. The summed E-state index contributed by atoms with van der Waals surface area (Å²) in [6, 6.07) is 2.61. The van der Waals surface area contributed by atoms with Crippen LogP contribution >= 0.6 is 0 Å². The number of hydrogen-bond donors (Lipinski definition) is 2. The second-order valence-electron chi connectivity index (χ2n) is 4.66. The van der Waals surface area contributed by atoms with Gasteiger partial charge in [0.25, 0.3) is 11.6 Å². The molecule has 2 N–H and O–H groups in total. The largest absolute Gasteiger partial charge is 0.386 e. The van der Waals surface area contributed by atoms with Crippen LogP contribution in [0.25, 0.3) is 0 Å². The first-order chi connectivity index (χ1) is 9.39. The molecule has 8 heteroatoms. The van der Waals surface area contributed by atoms with Gasteiger partial charge in [0.15, 0.2) is 0 Å². The maximum absolute atomic E-state index is 13.2. The van der Waals surface area contributed by atoms with E-state index in [1.165, 1.54) is 0 Å². The van der Waals surface area contributed by atoms with Crippen LogP contribution in [0.5, 0.6) is 0 Å². The van der Waals surface area contributed by atoms with Crippen molar-refractivity contribution in [2.24, 2.45) is 0 Å². The lowest BCUT2D eigenvalue weighted by atomic mass is 10.0. The number of aliphatic hydroxyl groups is 1. The van der Waals surface area contributed by atoms with E-state index < -0.39 is 27.9 Å². The van der Waals surface area contributed by atoms with E-state index in [1.807, 2.05) is 0 Å². The number of ether oxygens (including phenoxy) is 1. The lowest BCUT2D eigenvalue weighted by molar-refractivity contribution is -0.385. The van der Waals surface area contributed by atoms with E-state index in [0.717, 1.165) is 18.2 Å². The summed E-state index contributed by atoms with van der Waals surface area (Å²) in [4.78, 5) is 21.6. The minimum atomic E-state index is -1.14. The Morgan fingerprint density at radius 3 is 2.90 bits per heavy atom. The molecule has 1 atom stereocenters. The highest BCUT2D eigenvalue weighted by Crippen LogP contribution is 2.18. The van der Waals surface area contributed by atoms with Gasteiger partial charge in [0.05, 0.1) is 17.6 Å². The Morgan fingerprint density at radius 1 is 1.55 bits per heavy atom. The standard InChI is InChI=1S/C12H13FN2O5/c13-9-3-8(4-10(5-9)15(18)19)11(16)14-6-12(17)1-2-20-7-12/h3-5,17H,1-2,6-7H2,(H,14,16). The maximum atomic E-state index is 13.2. The number of benzene rings is 1. The van der Waals surface area contributed by atoms with Crippen molar-refractivity contribution in [3.05, 3.63) is 39.7 Å². The van der Waals surface area contributed by atoms with E-state index in [9.17, 15) is 24.4 Å². The van der Waals surface area contributed by atoms with Gasteiger partial charge in [0.2, 0.25) is 0 Å². The van der Waals surface area contributed by atoms with Gasteiger partial charge in [0.1, 0.15) is 11.4 Å². The summed E-state index contributed by atoms with van der Waals surface area (Å²) in [6.07, 6.45) is 0.385. The van der Waals surface area contributed by atoms with Gasteiger partial charge < -0.3 is 15.2 Å². The van der Waals surface area contributed by atoms with Gasteiger partial charge in [-0.25, -0.2) is 4.39 Å². The number of nitrogens with zero attached hydrogens (tertiary/aromatic N) is 1. The normalized spacial score (nSPS) is 21.7. The minimum absolute atomic E-state index is 0.0594. The molecular weight excluding hydrogens is 271 g/mol. The Balaban J connectivity index is 2.07. The first-order valence-corrected chi connectivity index (χ1v) is 5.93. The third-order valence-corrected chi connectivity index (χ3v) is 3.02. The van der Waals surface area contributed by atoms with Gasteiger partial charge in [-0.15, -0.1) is 0 Å². The fourth-order valence-corrected chi connectivity index (χ4v) is 1.89. The molecule has 0 bridgehead atoms. The van der Waals surface area contributed by atoms with E-state index in [2.05, 4.69) is 5.32 Å². The Bertz CT molecular complexity index is 543. The van der Waals surface area contributed by atoms with Crippen LogP contribution in [0.3, 0.4) is 0 Å². The summed E-state index contributed by atoms with van der Waals surface area (Å²) in [5, 5.41) is 23.0. The number of nitro groups is 1. The van der Waals surface area contributed by atoms with E-state index in [0.29, 0.717) is 13.0 Å². The molecule has 0 spiro atoms. The molecule has 1 aliphatic rings. The number of carbonyl (C=O) groups is 1. The molecule has 1 aromatic carbocycles. The molecule has 1 saturated heterocycles. The smallest absolute Gasteiger partial charge is 0.273 e. The number of carbonyl (C=O) groups excluding carboxylic acids is 1. The van der Waals surface area contributed by atoms with Crippen molar-refractivity contribution in [3.63, 3.8) is 0 Å². The SMILES string of the molecule is O=C(NCC1(O)CCOC1)c1cc(F)cc([N+](=O)[O-])c1. The van der Waals surface area contributed by atoms with E-state index in [4.69, 9.17) is 4.74 Å². The summed E-state index contributed by atoms with van der Waals surface area (Å²) in [6.45, 7) is 0.449. The monoisotopic (exact) mass is 284 g/mol. The number of nitrogens with one attached hydrogen (secondary N) is 1. The van der Waals surface area contributed by atoms with E-state index in [-0.39, 0.29) is 18.7 Å². The Labute approximate surface area is 113 Å². The summed E-state index contributed by atoms with van der Waals surface area (Å²) >= 11 is 0.